The molecule has 3 aromatic rings. The third kappa shape index (κ3) is 1.85. The minimum Gasteiger partial charge on any atom is -0.508 e. The highest BCUT2D eigenvalue weighted by molar-refractivity contribution is 6.31. The van der Waals surface area contributed by atoms with Crippen molar-refractivity contribution in [2.24, 2.45) is 0 Å². The fourth-order valence-corrected chi connectivity index (χ4v) is 4.40. The number of carbonyl (C=O) groups excluding carboxylic acids is 1. The number of nitrogens with one attached hydrogen (secondary N) is 3. The molecule has 0 radical (unpaired) electrons. The zero-order valence-electron chi connectivity index (χ0n) is 13.5. The molecule has 4 N–H and O–H groups in total. The van der Waals surface area contributed by atoms with Crippen molar-refractivity contribution in [2.45, 2.75) is 24.9 Å². The standard InChI is InChI=1S/C19H16ClN3O2/c1-9-6-13-12-8-11(24)3-5-15(12)21-17(13)19(23-9)14-7-10(20)2-4-16(14)22-18(19)25/h2-5,7-9,21,23-24H,6H2,1H3,(H,22,25)/t9-,19+/m1/s1. The number of aromatic amines is 1. The van der Waals surface area contributed by atoms with Gasteiger partial charge in [-0.1, -0.05) is 11.6 Å². The number of H-pyrrole nitrogens is 1. The third-order valence-corrected chi connectivity index (χ3v) is 5.45. The first-order valence-electron chi connectivity index (χ1n) is 8.22. The van der Waals surface area contributed by atoms with Gasteiger partial charge in [-0.05, 0) is 55.3 Å². The Labute approximate surface area is 149 Å². The molecule has 25 heavy (non-hydrogen) atoms. The first-order chi connectivity index (χ1) is 12.0. The highest BCUT2D eigenvalue weighted by Gasteiger charge is 2.53. The van der Waals surface area contributed by atoms with Gasteiger partial charge in [0.1, 0.15) is 5.75 Å². The van der Waals surface area contributed by atoms with Crippen LogP contribution in [0.2, 0.25) is 5.02 Å². The number of halogens is 1. The maximum atomic E-state index is 13.1. The molecule has 2 aliphatic rings. The third-order valence-electron chi connectivity index (χ3n) is 5.21. The number of anilines is 1. The highest BCUT2D eigenvalue weighted by atomic mass is 35.5. The Hall–Kier alpha value is -2.50. The Morgan fingerprint density at radius 1 is 1.24 bits per heavy atom. The van der Waals surface area contributed by atoms with E-state index in [0.717, 1.165) is 39.8 Å². The van der Waals surface area contributed by atoms with Crippen LogP contribution in [0.25, 0.3) is 10.9 Å². The van der Waals surface area contributed by atoms with E-state index in [-0.39, 0.29) is 17.7 Å². The number of phenols is 1. The van der Waals surface area contributed by atoms with Gasteiger partial charge in [0.25, 0.3) is 5.91 Å². The van der Waals surface area contributed by atoms with Crippen molar-refractivity contribution < 1.29 is 9.90 Å². The molecule has 1 amide bonds. The average molecular weight is 354 g/mol. The van der Waals surface area contributed by atoms with Gasteiger partial charge in [-0.3, -0.25) is 10.1 Å². The predicted octanol–water partition coefficient (Wildman–Crippen LogP) is 3.26. The van der Waals surface area contributed by atoms with Gasteiger partial charge in [0.2, 0.25) is 0 Å². The van der Waals surface area contributed by atoms with Gasteiger partial charge in [-0.2, -0.15) is 0 Å². The van der Waals surface area contributed by atoms with Crippen LogP contribution in [-0.2, 0) is 16.8 Å². The number of hydrogen-bond donors (Lipinski definition) is 4. The van der Waals surface area contributed by atoms with Gasteiger partial charge in [-0.25, -0.2) is 0 Å². The normalized spacial score (nSPS) is 24.4. The van der Waals surface area contributed by atoms with Gasteiger partial charge in [-0.15, -0.1) is 0 Å². The zero-order chi connectivity index (χ0) is 17.3. The van der Waals surface area contributed by atoms with E-state index in [2.05, 4.69) is 22.5 Å². The topological polar surface area (TPSA) is 77.2 Å². The molecule has 126 valence electrons. The van der Waals surface area contributed by atoms with E-state index in [1.54, 1.807) is 18.2 Å². The summed E-state index contributed by atoms with van der Waals surface area (Å²) in [5, 5.41) is 17.9. The van der Waals surface area contributed by atoms with E-state index < -0.39 is 5.54 Å². The summed E-state index contributed by atoms with van der Waals surface area (Å²) in [6, 6.07) is 10.8. The lowest BCUT2D eigenvalue weighted by Gasteiger charge is -2.37. The van der Waals surface area contributed by atoms with E-state index in [1.807, 2.05) is 18.2 Å². The quantitative estimate of drug-likeness (QED) is 0.501. The largest absolute Gasteiger partial charge is 0.508 e. The lowest BCUT2D eigenvalue weighted by Crippen LogP contribution is -2.56. The number of benzene rings is 2. The molecule has 0 bridgehead atoms. The number of hydrogen-bond acceptors (Lipinski definition) is 3. The van der Waals surface area contributed by atoms with Crippen LogP contribution < -0.4 is 10.6 Å². The first kappa shape index (κ1) is 14.8. The molecular weight excluding hydrogens is 338 g/mol. The minimum atomic E-state index is -0.998. The van der Waals surface area contributed by atoms with Crippen LogP contribution in [0.5, 0.6) is 5.75 Å². The number of amides is 1. The van der Waals surface area contributed by atoms with Gasteiger partial charge >= 0.3 is 0 Å². The molecule has 1 aromatic heterocycles. The summed E-state index contributed by atoms with van der Waals surface area (Å²) < 4.78 is 0. The molecule has 6 heteroatoms. The van der Waals surface area contributed by atoms with Crippen molar-refractivity contribution in [1.29, 1.82) is 0 Å². The number of aromatic hydroxyl groups is 1. The lowest BCUT2D eigenvalue weighted by atomic mass is 9.80. The van der Waals surface area contributed by atoms with Crippen LogP contribution in [0, 0.1) is 0 Å². The van der Waals surface area contributed by atoms with Crippen LogP contribution in [0.1, 0.15) is 23.7 Å². The summed E-state index contributed by atoms with van der Waals surface area (Å²) in [6.45, 7) is 2.06. The molecule has 1 spiro atoms. The summed E-state index contributed by atoms with van der Waals surface area (Å²) >= 11 is 6.23. The van der Waals surface area contributed by atoms with Crippen molar-refractivity contribution in [1.82, 2.24) is 10.3 Å². The molecule has 0 saturated carbocycles. The molecule has 0 fully saturated rings. The maximum absolute atomic E-state index is 13.1. The van der Waals surface area contributed by atoms with E-state index in [4.69, 9.17) is 11.6 Å². The van der Waals surface area contributed by atoms with Crippen LogP contribution in [-0.4, -0.2) is 22.0 Å². The maximum Gasteiger partial charge on any atom is 0.255 e. The molecule has 2 aromatic carbocycles. The summed E-state index contributed by atoms with van der Waals surface area (Å²) in [5.41, 5.74) is 3.38. The van der Waals surface area contributed by atoms with Crippen molar-refractivity contribution in [3.63, 3.8) is 0 Å². The summed E-state index contributed by atoms with van der Waals surface area (Å²) in [4.78, 5) is 16.5. The summed E-state index contributed by atoms with van der Waals surface area (Å²) in [5.74, 6) is 0.0993. The molecule has 5 nitrogen and oxygen atoms in total. The van der Waals surface area contributed by atoms with Gasteiger partial charge in [0, 0.05) is 33.2 Å². The van der Waals surface area contributed by atoms with E-state index >= 15 is 0 Å². The van der Waals surface area contributed by atoms with E-state index in [0.29, 0.717) is 5.02 Å². The van der Waals surface area contributed by atoms with Crippen molar-refractivity contribution >= 4 is 34.1 Å². The minimum absolute atomic E-state index is 0.0875. The second-order valence-corrected chi connectivity index (χ2v) is 7.29. The number of rotatable bonds is 0. The van der Waals surface area contributed by atoms with Crippen LogP contribution >= 0.6 is 11.6 Å². The van der Waals surface area contributed by atoms with Gasteiger partial charge < -0.3 is 15.4 Å². The number of aromatic nitrogens is 1. The van der Waals surface area contributed by atoms with Gasteiger partial charge in [0.15, 0.2) is 5.54 Å². The van der Waals surface area contributed by atoms with Gasteiger partial charge in [0.05, 0.1) is 5.69 Å². The SMILES string of the molecule is C[C@@H]1Cc2c([nH]c3ccc(O)cc23)[C@]2(N1)C(=O)Nc1ccc(Cl)cc12. The van der Waals surface area contributed by atoms with Crippen LogP contribution in [0.15, 0.2) is 36.4 Å². The summed E-state index contributed by atoms with van der Waals surface area (Å²) in [6.07, 6.45) is 0.768. The highest BCUT2D eigenvalue weighted by Crippen LogP contribution is 2.47. The smallest absolute Gasteiger partial charge is 0.255 e. The van der Waals surface area contributed by atoms with Crippen molar-refractivity contribution in [2.75, 3.05) is 5.32 Å². The molecule has 0 aliphatic carbocycles. The summed E-state index contributed by atoms with van der Waals surface area (Å²) in [7, 11) is 0. The molecule has 2 atom stereocenters. The fraction of sp³-hybridized carbons (Fsp3) is 0.211. The molecule has 2 aliphatic heterocycles. The Balaban J connectivity index is 1.87. The first-order valence-corrected chi connectivity index (χ1v) is 8.60. The molecule has 5 rings (SSSR count). The molecule has 0 saturated heterocycles. The second kappa shape index (κ2) is 4.77. The Kier molecular flexibility index (Phi) is 2.83. The molecular formula is C19H16ClN3O2. The molecule has 3 heterocycles. The van der Waals surface area contributed by atoms with Crippen LogP contribution in [0.3, 0.4) is 0 Å². The van der Waals surface area contributed by atoms with Crippen molar-refractivity contribution in [3.05, 3.63) is 58.2 Å². The van der Waals surface area contributed by atoms with E-state index in [9.17, 15) is 9.90 Å². The average Bonchev–Trinajstić information content (AvgIpc) is 3.05. The lowest BCUT2D eigenvalue weighted by molar-refractivity contribution is -0.121. The predicted molar refractivity (Wildman–Crippen MR) is 97.1 cm³/mol. The number of carbonyl (C=O) groups is 1. The Bertz CT molecular complexity index is 1060. The second-order valence-electron chi connectivity index (χ2n) is 6.85. The van der Waals surface area contributed by atoms with Crippen LogP contribution in [0.4, 0.5) is 5.69 Å². The number of phenolic OH excluding ortho intramolecular Hbond substituents is 1. The Morgan fingerprint density at radius 3 is 2.92 bits per heavy atom. The Morgan fingerprint density at radius 2 is 2.08 bits per heavy atom. The van der Waals surface area contributed by atoms with E-state index in [1.165, 1.54) is 0 Å². The van der Waals surface area contributed by atoms with Crippen molar-refractivity contribution in [3.8, 4) is 5.75 Å². The number of fused-ring (bicyclic) bond motifs is 6. The fourth-order valence-electron chi connectivity index (χ4n) is 4.23. The zero-order valence-corrected chi connectivity index (χ0v) is 14.2. The molecule has 0 unspecified atom stereocenters. The monoisotopic (exact) mass is 353 g/mol.